The molecule has 1 aromatic carbocycles. The van der Waals surface area contributed by atoms with Crippen molar-refractivity contribution in [2.45, 2.75) is 26.3 Å². The fourth-order valence-electron chi connectivity index (χ4n) is 1.79. The number of hydrogen-bond acceptors (Lipinski definition) is 3. The Bertz CT molecular complexity index is 727. The zero-order valence-corrected chi connectivity index (χ0v) is 12.5. The van der Waals surface area contributed by atoms with E-state index in [0.717, 1.165) is 0 Å². The highest BCUT2D eigenvalue weighted by atomic mass is 79.9. The molecule has 0 fully saturated rings. The molecule has 0 bridgehead atoms. The molecule has 0 spiro atoms. The van der Waals surface area contributed by atoms with Crippen molar-refractivity contribution in [2.75, 3.05) is 0 Å². The molecule has 2 rings (SSSR count). The highest BCUT2D eigenvalue weighted by Crippen LogP contribution is 2.19. The summed E-state index contributed by atoms with van der Waals surface area (Å²) in [7, 11) is 0. The molecule has 1 aromatic heterocycles. The summed E-state index contributed by atoms with van der Waals surface area (Å²) in [6.45, 7) is 3.67. The number of nitrogens with one attached hydrogen (secondary N) is 2. The van der Waals surface area contributed by atoms with Gasteiger partial charge in [-0.15, -0.1) is 0 Å². The van der Waals surface area contributed by atoms with E-state index in [-0.39, 0.29) is 39.6 Å². The minimum atomic E-state index is -0.506. The van der Waals surface area contributed by atoms with E-state index in [4.69, 9.17) is 0 Å². The fraction of sp³-hybridized carbons (Fsp3) is 0.308. The monoisotopic (exact) mass is 341 g/mol. The van der Waals surface area contributed by atoms with Gasteiger partial charge in [0.25, 0.3) is 5.56 Å². The third-order valence-electron chi connectivity index (χ3n) is 2.57. The number of carbonyl (C=O) groups is 1. The Morgan fingerprint density at radius 3 is 2.85 bits per heavy atom. The van der Waals surface area contributed by atoms with Gasteiger partial charge in [0.05, 0.1) is 21.8 Å². The third-order valence-corrected chi connectivity index (χ3v) is 3.18. The number of aromatic amines is 1. The first-order valence-corrected chi connectivity index (χ1v) is 6.83. The quantitative estimate of drug-likeness (QED) is 0.895. The molecule has 0 aliphatic carbocycles. The van der Waals surface area contributed by atoms with Crippen LogP contribution in [-0.2, 0) is 11.2 Å². The lowest BCUT2D eigenvalue weighted by Crippen LogP contribution is -2.32. The summed E-state index contributed by atoms with van der Waals surface area (Å²) in [5, 5.41) is 2.97. The van der Waals surface area contributed by atoms with Crippen LogP contribution in [0.5, 0.6) is 0 Å². The van der Waals surface area contributed by atoms with Crippen molar-refractivity contribution >= 4 is 32.7 Å². The van der Waals surface area contributed by atoms with Gasteiger partial charge >= 0.3 is 0 Å². The molecule has 7 heteroatoms. The zero-order valence-electron chi connectivity index (χ0n) is 11.0. The Morgan fingerprint density at radius 1 is 1.50 bits per heavy atom. The number of hydrogen-bond donors (Lipinski definition) is 2. The largest absolute Gasteiger partial charge is 0.354 e. The average Bonchev–Trinajstić information content (AvgIpc) is 2.30. The van der Waals surface area contributed by atoms with Gasteiger partial charge in [-0.25, -0.2) is 9.37 Å². The summed E-state index contributed by atoms with van der Waals surface area (Å²) < 4.78 is 13.7. The predicted molar refractivity (Wildman–Crippen MR) is 77.0 cm³/mol. The van der Waals surface area contributed by atoms with Crippen LogP contribution in [0.4, 0.5) is 4.39 Å². The lowest BCUT2D eigenvalue weighted by Gasteiger charge is -2.08. The van der Waals surface area contributed by atoms with Gasteiger partial charge in [0.2, 0.25) is 5.91 Å². The standard InChI is InChI=1S/C13H13BrFN3O2/c1-6(2)16-12(19)5-11-17-10-4-9(15)8(14)3-7(10)13(20)18-11/h3-4,6H,5H2,1-2H3,(H,16,19)(H,17,18,20). The first-order valence-electron chi connectivity index (χ1n) is 6.04. The van der Waals surface area contributed by atoms with Gasteiger partial charge in [0.1, 0.15) is 11.6 Å². The molecule has 0 unspecified atom stereocenters. The van der Waals surface area contributed by atoms with Crippen LogP contribution in [-0.4, -0.2) is 21.9 Å². The molecule has 1 heterocycles. The second kappa shape index (κ2) is 5.70. The summed E-state index contributed by atoms with van der Waals surface area (Å²) in [6.07, 6.45) is -0.0545. The van der Waals surface area contributed by atoms with E-state index < -0.39 is 11.4 Å². The minimum absolute atomic E-state index is 0.00285. The highest BCUT2D eigenvalue weighted by Gasteiger charge is 2.11. The second-order valence-corrected chi connectivity index (χ2v) is 5.55. The number of aromatic nitrogens is 2. The Balaban J connectivity index is 2.40. The molecule has 0 atom stereocenters. The number of benzene rings is 1. The van der Waals surface area contributed by atoms with Gasteiger partial charge in [-0.2, -0.15) is 0 Å². The van der Waals surface area contributed by atoms with E-state index in [1.54, 1.807) is 0 Å². The van der Waals surface area contributed by atoms with E-state index in [0.29, 0.717) is 0 Å². The Labute approximate surface area is 122 Å². The summed E-state index contributed by atoms with van der Waals surface area (Å²) in [5.74, 6) is -0.546. The second-order valence-electron chi connectivity index (χ2n) is 4.70. The Hall–Kier alpha value is -1.76. The maximum Gasteiger partial charge on any atom is 0.258 e. The van der Waals surface area contributed by atoms with Crippen LogP contribution in [0.15, 0.2) is 21.4 Å². The zero-order chi connectivity index (χ0) is 14.9. The lowest BCUT2D eigenvalue weighted by molar-refractivity contribution is -0.121. The van der Waals surface area contributed by atoms with Gasteiger partial charge < -0.3 is 10.3 Å². The van der Waals surface area contributed by atoms with E-state index in [9.17, 15) is 14.0 Å². The number of fused-ring (bicyclic) bond motifs is 1. The fourth-order valence-corrected chi connectivity index (χ4v) is 2.13. The topological polar surface area (TPSA) is 74.8 Å². The first-order chi connectivity index (χ1) is 9.36. The van der Waals surface area contributed by atoms with Crippen LogP contribution < -0.4 is 10.9 Å². The third kappa shape index (κ3) is 3.22. The summed E-state index contributed by atoms with van der Waals surface area (Å²) in [4.78, 5) is 30.2. The van der Waals surface area contributed by atoms with Gasteiger partial charge in [0, 0.05) is 12.1 Å². The molecule has 5 nitrogen and oxygen atoms in total. The smallest absolute Gasteiger partial charge is 0.258 e. The summed E-state index contributed by atoms with van der Waals surface area (Å²) in [5.41, 5.74) is -0.176. The van der Waals surface area contributed by atoms with Gasteiger partial charge in [-0.05, 0) is 35.8 Å². The lowest BCUT2D eigenvalue weighted by atomic mass is 10.2. The van der Waals surface area contributed by atoms with Crippen molar-refractivity contribution < 1.29 is 9.18 Å². The van der Waals surface area contributed by atoms with Crippen LogP contribution in [0.25, 0.3) is 10.9 Å². The van der Waals surface area contributed by atoms with E-state index in [1.165, 1.54) is 12.1 Å². The molecule has 0 aliphatic rings. The number of nitrogens with zero attached hydrogens (tertiary/aromatic N) is 1. The molecule has 2 aromatic rings. The van der Waals surface area contributed by atoms with Crippen molar-refractivity contribution in [3.8, 4) is 0 Å². The summed E-state index contributed by atoms with van der Waals surface area (Å²) in [6, 6.07) is 2.54. The van der Waals surface area contributed by atoms with Gasteiger partial charge in [0.15, 0.2) is 0 Å². The van der Waals surface area contributed by atoms with Crippen LogP contribution in [0.3, 0.4) is 0 Å². The summed E-state index contributed by atoms with van der Waals surface area (Å²) >= 11 is 3.02. The average molecular weight is 342 g/mol. The maximum atomic E-state index is 13.5. The van der Waals surface area contributed by atoms with Crippen molar-refractivity contribution in [3.63, 3.8) is 0 Å². The molecule has 0 aliphatic heterocycles. The van der Waals surface area contributed by atoms with Crippen molar-refractivity contribution in [3.05, 3.63) is 38.6 Å². The van der Waals surface area contributed by atoms with E-state index >= 15 is 0 Å². The van der Waals surface area contributed by atoms with Crippen molar-refractivity contribution in [1.29, 1.82) is 0 Å². The Morgan fingerprint density at radius 2 is 2.20 bits per heavy atom. The van der Waals surface area contributed by atoms with Gasteiger partial charge in [-0.1, -0.05) is 0 Å². The highest BCUT2D eigenvalue weighted by molar-refractivity contribution is 9.10. The SMILES string of the molecule is CC(C)NC(=O)Cc1nc2cc(F)c(Br)cc2c(=O)[nH]1. The van der Waals surface area contributed by atoms with Crippen molar-refractivity contribution in [1.82, 2.24) is 15.3 Å². The van der Waals surface area contributed by atoms with E-state index in [1.807, 2.05) is 13.8 Å². The first kappa shape index (κ1) is 14.6. The normalized spacial score (nSPS) is 11.1. The Kier molecular flexibility index (Phi) is 4.17. The number of carbonyl (C=O) groups excluding carboxylic acids is 1. The molecule has 1 amide bonds. The van der Waals surface area contributed by atoms with Crippen LogP contribution in [0.1, 0.15) is 19.7 Å². The molecule has 2 N–H and O–H groups in total. The molecule has 0 radical (unpaired) electrons. The van der Waals surface area contributed by atoms with Crippen molar-refractivity contribution in [2.24, 2.45) is 0 Å². The molecular formula is C13H13BrFN3O2. The molecule has 20 heavy (non-hydrogen) atoms. The van der Waals surface area contributed by atoms with Crippen LogP contribution in [0, 0.1) is 5.82 Å². The van der Waals surface area contributed by atoms with Crippen LogP contribution in [0.2, 0.25) is 0 Å². The number of amides is 1. The number of halogens is 2. The minimum Gasteiger partial charge on any atom is -0.354 e. The maximum absolute atomic E-state index is 13.5. The van der Waals surface area contributed by atoms with Gasteiger partial charge in [-0.3, -0.25) is 9.59 Å². The predicted octanol–water partition coefficient (Wildman–Crippen LogP) is 1.89. The molecule has 106 valence electrons. The molecule has 0 saturated carbocycles. The molecular weight excluding hydrogens is 329 g/mol. The van der Waals surface area contributed by atoms with E-state index in [2.05, 4.69) is 31.2 Å². The van der Waals surface area contributed by atoms with Crippen LogP contribution >= 0.6 is 15.9 Å². The number of rotatable bonds is 3. The molecule has 0 saturated heterocycles. The number of H-pyrrole nitrogens is 1.